The molecular formula is C17H14O4. The summed E-state index contributed by atoms with van der Waals surface area (Å²) in [6.45, 7) is -0.133. The molecule has 21 heavy (non-hydrogen) atoms. The molecule has 0 aliphatic carbocycles. The molecule has 4 heteroatoms. The Hall–Kier alpha value is -2.43. The van der Waals surface area contributed by atoms with Crippen molar-refractivity contribution in [3.63, 3.8) is 0 Å². The van der Waals surface area contributed by atoms with Crippen LogP contribution in [0.3, 0.4) is 0 Å². The number of aliphatic hydroxyl groups excluding tert-OH is 2. The smallest absolute Gasteiger partial charge is 0.193 e. The van der Waals surface area contributed by atoms with Gasteiger partial charge in [0.15, 0.2) is 5.43 Å². The average molecular weight is 282 g/mol. The molecule has 0 saturated carbocycles. The SMILES string of the molecule is O=c1cc(-c2ccc(CO)cc2)oc2ccc(CO)cc12. The largest absolute Gasteiger partial charge is 0.456 e. The van der Waals surface area contributed by atoms with E-state index in [9.17, 15) is 4.79 Å². The first-order valence-corrected chi connectivity index (χ1v) is 6.59. The molecule has 106 valence electrons. The summed E-state index contributed by atoms with van der Waals surface area (Å²) in [5.74, 6) is 0.480. The lowest BCUT2D eigenvalue weighted by Gasteiger charge is -2.05. The first-order chi connectivity index (χ1) is 10.2. The second-order valence-electron chi connectivity index (χ2n) is 4.82. The van der Waals surface area contributed by atoms with Crippen molar-refractivity contribution in [2.75, 3.05) is 0 Å². The summed E-state index contributed by atoms with van der Waals surface area (Å²) in [5, 5.41) is 18.6. The Morgan fingerprint density at radius 1 is 0.857 bits per heavy atom. The first-order valence-electron chi connectivity index (χ1n) is 6.59. The predicted molar refractivity (Wildman–Crippen MR) is 79.8 cm³/mol. The van der Waals surface area contributed by atoms with E-state index in [-0.39, 0.29) is 18.6 Å². The zero-order valence-electron chi connectivity index (χ0n) is 11.2. The number of hydrogen-bond donors (Lipinski definition) is 2. The molecule has 1 aromatic heterocycles. The van der Waals surface area contributed by atoms with Crippen LogP contribution in [0.2, 0.25) is 0 Å². The fourth-order valence-electron chi connectivity index (χ4n) is 2.22. The van der Waals surface area contributed by atoms with Crippen molar-refractivity contribution >= 4 is 11.0 Å². The van der Waals surface area contributed by atoms with Crippen LogP contribution in [0.5, 0.6) is 0 Å². The van der Waals surface area contributed by atoms with Crippen LogP contribution < -0.4 is 5.43 Å². The van der Waals surface area contributed by atoms with Gasteiger partial charge in [-0.25, -0.2) is 0 Å². The third-order valence-corrected chi connectivity index (χ3v) is 3.40. The molecular weight excluding hydrogens is 268 g/mol. The lowest BCUT2D eigenvalue weighted by atomic mass is 10.1. The number of fused-ring (bicyclic) bond motifs is 1. The van der Waals surface area contributed by atoms with Crippen LogP contribution in [0.15, 0.2) is 57.7 Å². The van der Waals surface area contributed by atoms with Crippen molar-refractivity contribution in [2.45, 2.75) is 13.2 Å². The Bertz CT molecular complexity index is 832. The maximum atomic E-state index is 12.2. The van der Waals surface area contributed by atoms with Crippen LogP contribution in [0.1, 0.15) is 11.1 Å². The van der Waals surface area contributed by atoms with E-state index in [1.165, 1.54) is 6.07 Å². The van der Waals surface area contributed by atoms with Crippen molar-refractivity contribution in [1.29, 1.82) is 0 Å². The average Bonchev–Trinajstić information content (AvgIpc) is 2.54. The second kappa shape index (κ2) is 5.52. The summed E-state index contributed by atoms with van der Waals surface area (Å²) in [6, 6.07) is 13.7. The van der Waals surface area contributed by atoms with Crippen LogP contribution >= 0.6 is 0 Å². The third-order valence-electron chi connectivity index (χ3n) is 3.40. The van der Waals surface area contributed by atoms with Crippen LogP contribution in [-0.2, 0) is 13.2 Å². The normalized spacial score (nSPS) is 11.0. The monoisotopic (exact) mass is 282 g/mol. The van der Waals surface area contributed by atoms with Gasteiger partial charge in [0.2, 0.25) is 0 Å². The van der Waals surface area contributed by atoms with E-state index in [2.05, 4.69) is 0 Å². The Morgan fingerprint density at radius 3 is 2.19 bits per heavy atom. The standard InChI is InChI=1S/C17H14O4/c18-9-11-1-4-13(5-2-11)17-8-15(20)14-7-12(10-19)3-6-16(14)21-17/h1-8,18-19H,9-10H2. The molecule has 2 aromatic carbocycles. The summed E-state index contributed by atoms with van der Waals surface area (Å²) >= 11 is 0. The number of aliphatic hydroxyl groups is 2. The molecule has 3 aromatic rings. The minimum Gasteiger partial charge on any atom is -0.456 e. The lowest BCUT2D eigenvalue weighted by molar-refractivity contribution is 0.281. The van der Waals surface area contributed by atoms with Crippen molar-refractivity contribution in [1.82, 2.24) is 0 Å². The highest BCUT2D eigenvalue weighted by molar-refractivity contribution is 5.79. The van der Waals surface area contributed by atoms with Gasteiger partial charge in [-0.05, 0) is 23.3 Å². The van der Waals surface area contributed by atoms with Crippen molar-refractivity contribution in [3.05, 3.63) is 69.9 Å². The van der Waals surface area contributed by atoms with E-state index in [0.29, 0.717) is 22.3 Å². The maximum absolute atomic E-state index is 12.2. The van der Waals surface area contributed by atoms with E-state index in [0.717, 1.165) is 11.1 Å². The minimum absolute atomic E-state index is 0.0219. The highest BCUT2D eigenvalue weighted by atomic mass is 16.3. The molecule has 2 N–H and O–H groups in total. The molecule has 0 amide bonds. The molecule has 0 aliphatic heterocycles. The summed E-state index contributed by atoms with van der Waals surface area (Å²) in [4.78, 5) is 12.2. The van der Waals surface area contributed by atoms with Gasteiger partial charge in [-0.3, -0.25) is 4.79 Å². The zero-order valence-corrected chi connectivity index (χ0v) is 11.2. The molecule has 0 fully saturated rings. The summed E-state index contributed by atoms with van der Waals surface area (Å²) in [6.07, 6.45) is 0. The van der Waals surface area contributed by atoms with E-state index in [1.807, 2.05) is 0 Å². The van der Waals surface area contributed by atoms with E-state index in [4.69, 9.17) is 14.6 Å². The van der Waals surface area contributed by atoms with E-state index < -0.39 is 0 Å². The summed E-state index contributed by atoms with van der Waals surface area (Å²) in [7, 11) is 0. The third kappa shape index (κ3) is 2.59. The van der Waals surface area contributed by atoms with Gasteiger partial charge in [0.25, 0.3) is 0 Å². The molecule has 0 spiro atoms. The molecule has 3 rings (SSSR count). The van der Waals surface area contributed by atoms with Gasteiger partial charge >= 0.3 is 0 Å². The molecule has 0 saturated heterocycles. The molecule has 4 nitrogen and oxygen atoms in total. The van der Waals surface area contributed by atoms with E-state index >= 15 is 0 Å². The van der Waals surface area contributed by atoms with Gasteiger partial charge in [0.05, 0.1) is 18.6 Å². The lowest BCUT2D eigenvalue weighted by Crippen LogP contribution is -2.01. The second-order valence-corrected chi connectivity index (χ2v) is 4.82. The zero-order chi connectivity index (χ0) is 14.8. The quantitative estimate of drug-likeness (QED) is 0.774. The Labute approximate surface area is 120 Å². The number of rotatable bonds is 3. The minimum atomic E-state index is -0.146. The number of benzene rings is 2. The fourth-order valence-corrected chi connectivity index (χ4v) is 2.22. The van der Waals surface area contributed by atoms with Crippen LogP contribution in [0.4, 0.5) is 0 Å². The topological polar surface area (TPSA) is 70.7 Å². The molecule has 0 radical (unpaired) electrons. The van der Waals surface area contributed by atoms with Crippen molar-refractivity contribution in [2.24, 2.45) is 0 Å². The Balaban J connectivity index is 2.13. The molecule has 0 aliphatic rings. The first kappa shape index (κ1) is 13.5. The van der Waals surface area contributed by atoms with Crippen LogP contribution in [0, 0.1) is 0 Å². The summed E-state index contributed by atoms with van der Waals surface area (Å²) in [5.41, 5.74) is 2.59. The van der Waals surface area contributed by atoms with E-state index in [1.54, 1.807) is 42.5 Å². The van der Waals surface area contributed by atoms with Crippen molar-refractivity contribution < 1.29 is 14.6 Å². The molecule has 1 heterocycles. The molecule has 0 unspecified atom stereocenters. The number of hydrogen-bond acceptors (Lipinski definition) is 4. The highest BCUT2D eigenvalue weighted by Crippen LogP contribution is 2.23. The molecule has 0 atom stereocenters. The molecule has 0 bridgehead atoms. The maximum Gasteiger partial charge on any atom is 0.193 e. The fraction of sp³-hybridized carbons (Fsp3) is 0.118. The summed E-state index contributed by atoms with van der Waals surface area (Å²) < 4.78 is 5.76. The van der Waals surface area contributed by atoms with Crippen molar-refractivity contribution in [3.8, 4) is 11.3 Å². The van der Waals surface area contributed by atoms with Gasteiger partial charge < -0.3 is 14.6 Å². The Morgan fingerprint density at radius 2 is 1.52 bits per heavy atom. The van der Waals surface area contributed by atoms with Gasteiger partial charge in [-0.1, -0.05) is 30.3 Å². The van der Waals surface area contributed by atoms with Gasteiger partial charge in [0, 0.05) is 11.6 Å². The highest BCUT2D eigenvalue weighted by Gasteiger charge is 2.07. The van der Waals surface area contributed by atoms with Gasteiger partial charge in [-0.15, -0.1) is 0 Å². The van der Waals surface area contributed by atoms with Gasteiger partial charge in [0.1, 0.15) is 11.3 Å². The predicted octanol–water partition coefficient (Wildman–Crippen LogP) is 2.44. The van der Waals surface area contributed by atoms with Crippen LogP contribution in [0.25, 0.3) is 22.3 Å². The van der Waals surface area contributed by atoms with Gasteiger partial charge in [-0.2, -0.15) is 0 Å². The Kier molecular flexibility index (Phi) is 3.56. The van der Waals surface area contributed by atoms with Crippen LogP contribution in [-0.4, -0.2) is 10.2 Å².